The number of primary amides is 4. The third kappa shape index (κ3) is 15.3. The zero-order chi connectivity index (χ0) is 76.8. The Hall–Kier alpha value is -9.29. The van der Waals surface area contributed by atoms with Gasteiger partial charge in [-0.05, 0) is 41.0 Å². The van der Waals surface area contributed by atoms with Crippen molar-refractivity contribution in [3.05, 3.63) is 70.3 Å². The number of hydrogen-bond donors (Lipinski definition) is 18. The Balaban J connectivity index is 0.000000162. The Bertz CT molecular complexity index is 4630. The van der Waals surface area contributed by atoms with E-state index in [1.807, 2.05) is 6.92 Å². The van der Waals surface area contributed by atoms with Gasteiger partial charge < -0.3 is 148 Å². The predicted molar refractivity (Wildman–Crippen MR) is 359 cm³/mol. The van der Waals surface area contributed by atoms with Crippen LogP contribution in [0.2, 0.25) is 0 Å². The van der Waals surface area contributed by atoms with Crippen molar-refractivity contribution < 1.29 is 113 Å². The first-order chi connectivity index (χ1) is 48.9. The van der Waals surface area contributed by atoms with Gasteiger partial charge in [-0.15, -0.1) is 0 Å². The molecule has 12 heterocycles. The van der Waals surface area contributed by atoms with E-state index in [-0.39, 0.29) is 103 Å². The first-order valence-corrected chi connectivity index (χ1v) is 33.6. The average molecular weight is 1490 g/mol. The number of carbonyl (C=O) groups excluding carboxylic acids is 4. The van der Waals surface area contributed by atoms with Crippen LogP contribution in [0.3, 0.4) is 0 Å². The summed E-state index contributed by atoms with van der Waals surface area (Å²) in [5.41, 5.74) is 40.1. The first-order valence-electron chi connectivity index (χ1n) is 31.6. The number of rotatable bonds is 19. The Morgan fingerprint density at radius 1 is 0.577 bits per heavy atom. The van der Waals surface area contributed by atoms with Crippen molar-refractivity contribution in [2.75, 3.05) is 63.6 Å². The summed E-state index contributed by atoms with van der Waals surface area (Å²) in [6.07, 6.45) is -13.4. The van der Waals surface area contributed by atoms with Crippen molar-refractivity contribution in [1.29, 1.82) is 0 Å². The van der Waals surface area contributed by atoms with Crippen LogP contribution in [0.4, 0.5) is 27.7 Å². The third-order valence-electron chi connectivity index (χ3n) is 16.6. The summed E-state index contributed by atoms with van der Waals surface area (Å²) in [5, 5.41) is 110. The second kappa shape index (κ2) is 31.2. The summed E-state index contributed by atoms with van der Waals surface area (Å²) in [7, 11) is 0.500. The molecule has 8 aromatic heterocycles. The molecule has 104 heavy (non-hydrogen) atoms. The number of fused-ring (bicyclic) bond motifs is 4. The Kier molecular flexibility index (Phi) is 23.6. The molecule has 4 fully saturated rings. The quantitative estimate of drug-likeness (QED) is 0.0207. The second-order valence-corrected chi connectivity index (χ2v) is 27.1. The normalized spacial score (nSPS) is 27.2. The van der Waals surface area contributed by atoms with E-state index in [1.165, 1.54) is 44.8 Å². The summed E-state index contributed by atoms with van der Waals surface area (Å²) in [6.45, 7) is 8.64. The maximum absolute atomic E-state index is 14.3. The zero-order valence-electron chi connectivity index (χ0n) is 56.8. The first kappa shape index (κ1) is 78.8. The predicted octanol–water partition coefficient (Wildman–Crippen LogP) is -4.31. The van der Waals surface area contributed by atoms with E-state index in [4.69, 9.17) is 73.5 Å². The lowest BCUT2D eigenvalue weighted by Gasteiger charge is -2.21. The van der Waals surface area contributed by atoms with Crippen LogP contribution in [0.15, 0.2) is 29.8 Å². The molecule has 0 aliphatic carbocycles. The SMILES string of the molecule is CCCP(=O)(CO[C@H]1O[C@@H](n2cc(C(N)=O)c3c(N)nc(C)nc32)[C@H](O)[C@@H]1O)OCC.Cc1nc(N)c2c(C(N)=O)cn([C@@H]3O[C@H](O)[C@@H](O)[C@H]3O)c2n1.Cc1nc(N)c2c(C(N)=O)cn([C@@H]3O[C@](F)(CO)[C@@H](O)[C@H]3O)c2n1.Cc1nc(N=CN(C)C)c2c(C(N)=O)cn([C@@H]3O[C@H](CO)[C@@H](O)[C@H]3O)c2n1. The van der Waals surface area contributed by atoms with E-state index in [9.17, 15) is 79.2 Å². The molecule has 0 spiro atoms. The largest absolute Gasteiger partial charge is 0.394 e. The number of anilines is 3. The molecule has 4 aliphatic rings. The van der Waals surface area contributed by atoms with Crippen LogP contribution in [0.25, 0.3) is 44.1 Å². The van der Waals surface area contributed by atoms with Crippen molar-refractivity contribution in [3.8, 4) is 0 Å². The summed E-state index contributed by atoms with van der Waals surface area (Å²) in [4.78, 5) is 86.3. The number of nitrogens with zero attached hydrogens (tertiary/aromatic N) is 14. The van der Waals surface area contributed by atoms with Crippen molar-refractivity contribution in [2.24, 2.45) is 27.9 Å². The number of aliphatic hydroxyl groups is 11. The van der Waals surface area contributed by atoms with Gasteiger partial charge in [-0.25, -0.2) is 49.3 Å². The number of aliphatic imine (C=N–C) groups is 1. The highest BCUT2D eigenvalue weighted by molar-refractivity contribution is 7.58. The zero-order valence-corrected chi connectivity index (χ0v) is 57.7. The van der Waals surface area contributed by atoms with Gasteiger partial charge in [0.2, 0.25) is 7.37 Å². The monoisotopic (exact) mass is 1490 g/mol. The smallest absolute Gasteiger partial charge is 0.263 e. The molecule has 45 heteroatoms. The maximum atomic E-state index is 14.3. The minimum absolute atomic E-state index is 0.0215. The highest BCUT2D eigenvalue weighted by atomic mass is 31.2. The summed E-state index contributed by atoms with van der Waals surface area (Å²) in [6, 6.07) is 0. The highest BCUT2D eigenvalue weighted by Gasteiger charge is 2.56. The fourth-order valence-corrected chi connectivity index (χ4v) is 13.8. The van der Waals surface area contributed by atoms with Crippen LogP contribution in [0, 0.1) is 27.7 Å². The van der Waals surface area contributed by atoms with E-state index in [0.717, 1.165) is 4.57 Å². The molecule has 4 saturated heterocycles. The molecule has 17 atom stereocenters. The number of aromatic nitrogens is 12. The van der Waals surface area contributed by atoms with Gasteiger partial charge in [0.25, 0.3) is 29.5 Å². The van der Waals surface area contributed by atoms with E-state index in [0.29, 0.717) is 35.4 Å². The van der Waals surface area contributed by atoms with Gasteiger partial charge in [0, 0.05) is 45.0 Å². The molecule has 43 nitrogen and oxygen atoms in total. The van der Waals surface area contributed by atoms with Gasteiger partial charge in [0.05, 0.1) is 63.4 Å². The molecule has 12 rings (SSSR count). The second-order valence-electron chi connectivity index (χ2n) is 24.5. The molecule has 0 bridgehead atoms. The lowest BCUT2D eigenvalue weighted by atomic mass is 10.1. The molecule has 566 valence electrons. The van der Waals surface area contributed by atoms with Crippen LogP contribution in [0.1, 0.15) is 110 Å². The average Bonchev–Trinajstić information content (AvgIpc) is 1.62. The molecule has 0 saturated carbocycles. The molecule has 8 aromatic rings. The maximum Gasteiger partial charge on any atom is 0.263 e. The van der Waals surface area contributed by atoms with Crippen molar-refractivity contribution in [2.45, 2.75) is 146 Å². The summed E-state index contributed by atoms with van der Waals surface area (Å²) >= 11 is 0. The third-order valence-corrected chi connectivity index (χ3v) is 19.0. The van der Waals surface area contributed by atoms with Crippen molar-refractivity contribution >= 4 is 105 Å². The molecule has 1 unspecified atom stereocenters. The molecule has 25 N–H and O–H groups in total. The van der Waals surface area contributed by atoms with Crippen LogP contribution in [-0.4, -0.2) is 269 Å². The van der Waals surface area contributed by atoms with E-state index < -0.39 is 142 Å². The molecular weight excluding hydrogens is 1400 g/mol. The van der Waals surface area contributed by atoms with Gasteiger partial charge >= 0.3 is 0 Å². The Morgan fingerprint density at radius 3 is 1.35 bits per heavy atom. The van der Waals surface area contributed by atoms with Crippen LogP contribution >= 0.6 is 7.37 Å². The number of carbonyl (C=O) groups is 4. The highest BCUT2D eigenvalue weighted by Crippen LogP contribution is 2.49. The van der Waals surface area contributed by atoms with Crippen LogP contribution in [-0.2, 0) is 32.8 Å². The fraction of sp³-hybridized carbons (Fsp3) is 0.508. The van der Waals surface area contributed by atoms with Gasteiger partial charge in [0.1, 0.15) is 131 Å². The number of halogens is 1. The number of aryl methyl sites for hydroxylation is 4. The molecular formula is C59H81FN21O22P. The molecule has 0 radical (unpaired) electrons. The van der Waals surface area contributed by atoms with Crippen molar-refractivity contribution in [3.63, 3.8) is 0 Å². The van der Waals surface area contributed by atoms with Gasteiger partial charge in [0.15, 0.2) is 43.3 Å². The molecule has 0 aromatic carbocycles. The number of alkyl halides is 1. The molecule has 4 amide bonds. The van der Waals surface area contributed by atoms with E-state index in [1.54, 1.807) is 53.6 Å². The Morgan fingerprint density at radius 2 is 0.971 bits per heavy atom. The number of nitrogen functional groups attached to an aromatic ring is 3. The minimum Gasteiger partial charge on any atom is -0.394 e. The Labute approximate surface area is 586 Å². The topological polar surface area (TPSA) is 684 Å². The van der Waals surface area contributed by atoms with Crippen LogP contribution in [0.5, 0.6) is 0 Å². The number of hydrogen-bond acceptors (Lipinski definition) is 34. The number of amides is 4. The molecule has 4 aliphatic heterocycles. The lowest BCUT2D eigenvalue weighted by Crippen LogP contribution is -2.42. The van der Waals surface area contributed by atoms with Gasteiger partial charge in [-0.1, -0.05) is 6.92 Å². The van der Waals surface area contributed by atoms with E-state index in [2.05, 4.69) is 44.9 Å². The number of aliphatic hydroxyl groups excluding tert-OH is 11. The van der Waals surface area contributed by atoms with Gasteiger partial charge in [-0.3, -0.25) is 23.7 Å². The van der Waals surface area contributed by atoms with E-state index >= 15 is 0 Å². The van der Waals surface area contributed by atoms with Crippen molar-refractivity contribution in [1.82, 2.24) is 63.0 Å². The number of ether oxygens (including phenoxy) is 5. The standard InChI is InChI=1S/C18H28N5O7P.C16H22N6O5.C13H16FN5O5.C12H15N5O5/c1-4-6-31(27,29-5-2)8-28-18-13(25)12(24)17(30-18)23-7-10(15(20)26)11-14(19)21-9(3)22-16(11)23;1-7-19-14(18-6-21(2)3)10-8(13(17)26)4-22(15(10)20-7)16-12(25)11(24)9(5-23)27-16;1-4-17-9(15)6-5(10(16)23)2-19(11(6)18-4)12-7(21)8(22)13(14,3-20)24-12;1-3-15-8(13)5-4(9(14)20)2-17(10(5)16-3)11-6(18)7(19)12(21)22-11/h7,12-13,17-18,24-25H,4-6,8H2,1-3H3,(H2,20,26)(H2,19,21,22);4,6,9,11-12,16,23-25H,5H2,1-3H3,(H2,17,26);2,7-8,12,20-22H,3H2,1H3,(H2,16,23)(H2,15,17,18);2,6-7,11-12,18-19,21H,1H3,(H2,14,20)(H2,13,15,16)/t12-,13+,17-,18+,31?;9-,11-,12-,16-;7-,8+,12-,13-;6-,7+,11-,12+/m1111/s1. The number of nitrogens with two attached hydrogens (primary N) is 7. The lowest BCUT2D eigenvalue weighted by molar-refractivity contribution is -0.206. The summed E-state index contributed by atoms with van der Waals surface area (Å²) in [5.74, 6) is -4.29. The van der Waals surface area contributed by atoms with Gasteiger partial charge in [-0.2, -0.15) is 0 Å². The van der Waals surface area contributed by atoms with Crippen LogP contribution < -0.4 is 40.1 Å². The summed E-state index contributed by atoms with van der Waals surface area (Å²) < 4.78 is 64.6. The fourth-order valence-electron chi connectivity index (χ4n) is 11.9. The minimum atomic E-state index is -3.07.